The highest BCUT2D eigenvalue weighted by atomic mass is 35.5. The normalized spacial score (nSPS) is 18.4. The van der Waals surface area contributed by atoms with E-state index in [0.29, 0.717) is 12.6 Å². The number of hydrogen-bond acceptors (Lipinski definition) is 6. The van der Waals surface area contributed by atoms with Gasteiger partial charge >= 0.3 is 6.01 Å². The Balaban J connectivity index is 1.31. The summed E-state index contributed by atoms with van der Waals surface area (Å²) in [7, 11) is 1.60. The fourth-order valence-electron chi connectivity index (χ4n) is 5.62. The number of carbonyl (C=O) groups is 1. The van der Waals surface area contributed by atoms with Gasteiger partial charge in [0.2, 0.25) is 5.91 Å². The number of fused-ring (bicyclic) bond motifs is 2. The first kappa shape index (κ1) is 21.2. The number of hydrogen-bond donors (Lipinski definition) is 0. The van der Waals surface area contributed by atoms with Crippen LogP contribution >= 0.6 is 11.6 Å². The van der Waals surface area contributed by atoms with E-state index in [-0.39, 0.29) is 11.4 Å². The molecule has 1 aromatic heterocycles. The van der Waals surface area contributed by atoms with Gasteiger partial charge in [0.15, 0.2) is 0 Å². The van der Waals surface area contributed by atoms with Crippen LogP contribution in [-0.4, -0.2) is 59.6 Å². The van der Waals surface area contributed by atoms with Crippen LogP contribution in [-0.2, 0) is 17.8 Å². The Labute approximate surface area is 203 Å². The van der Waals surface area contributed by atoms with Crippen LogP contribution < -0.4 is 14.5 Å². The van der Waals surface area contributed by atoms with Crippen molar-refractivity contribution in [3.8, 4) is 6.01 Å². The molecule has 0 unspecified atom stereocenters. The van der Waals surface area contributed by atoms with Gasteiger partial charge in [-0.15, -0.1) is 0 Å². The zero-order valence-electron chi connectivity index (χ0n) is 19.1. The monoisotopic (exact) mass is 475 g/mol. The van der Waals surface area contributed by atoms with Crippen LogP contribution in [0.4, 0.5) is 11.5 Å². The maximum Gasteiger partial charge on any atom is 0.318 e. The molecule has 1 spiro atoms. The van der Waals surface area contributed by atoms with Gasteiger partial charge in [0.05, 0.1) is 29.9 Å². The van der Waals surface area contributed by atoms with Crippen molar-refractivity contribution in [2.75, 3.05) is 43.1 Å². The molecule has 34 heavy (non-hydrogen) atoms. The molecule has 3 aliphatic heterocycles. The first-order chi connectivity index (χ1) is 16.5. The number of rotatable bonds is 4. The van der Waals surface area contributed by atoms with Crippen molar-refractivity contribution < 1.29 is 9.53 Å². The predicted molar refractivity (Wildman–Crippen MR) is 134 cm³/mol. The summed E-state index contributed by atoms with van der Waals surface area (Å²) in [6.45, 7) is 7.51. The number of aromatic nitrogens is 2. The summed E-state index contributed by atoms with van der Waals surface area (Å²) in [5.41, 5.74) is 3.17. The molecule has 3 aliphatic rings. The summed E-state index contributed by atoms with van der Waals surface area (Å²) >= 11 is 6.60. The van der Waals surface area contributed by atoms with Gasteiger partial charge in [-0.3, -0.25) is 4.79 Å². The number of halogens is 1. The van der Waals surface area contributed by atoms with Crippen LogP contribution in [0.3, 0.4) is 0 Å². The Kier molecular flexibility index (Phi) is 4.92. The van der Waals surface area contributed by atoms with Gasteiger partial charge in [-0.1, -0.05) is 42.4 Å². The molecule has 0 atom stereocenters. The molecule has 0 saturated carbocycles. The van der Waals surface area contributed by atoms with Crippen LogP contribution in [0.2, 0.25) is 5.02 Å². The quantitative estimate of drug-likeness (QED) is 0.534. The number of anilines is 2. The maximum atomic E-state index is 12.2. The van der Waals surface area contributed by atoms with E-state index >= 15 is 0 Å². The third-order valence-electron chi connectivity index (χ3n) is 7.46. The SMILES string of the molecule is C=CC(=O)N1CCC12CN(c1nc(OC)nc3c1CCN(c1cccc4cccc(Cl)c14)C3)C2. The summed E-state index contributed by atoms with van der Waals surface area (Å²) in [6.07, 6.45) is 3.25. The molecule has 2 aromatic carbocycles. The van der Waals surface area contributed by atoms with Crippen LogP contribution in [0.25, 0.3) is 10.8 Å². The maximum absolute atomic E-state index is 12.2. The molecular formula is C26H26ClN5O2. The molecule has 6 rings (SSSR count). The lowest BCUT2D eigenvalue weighted by atomic mass is 9.77. The van der Waals surface area contributed by atoms with Gasteiger partial charge in [0.25, 0.3) is 0 Å². The summed E-state index contributed by atoms with van der Waals surface area (Å²) in [5.74, 6) is 0.943. The Hall–Kier alpha value is -3.32. The van der Waals surface area contributed by atoms with Crippen LogP contribution in [0.1, 0.15) is 17.7 Å². The Morgan fingerprint density at radius 2 is 1.94 bits per heavy atom. The molecule has 3 aromatic rings. The number of nitrogens with zero attached hydrogens (tertiary/aromatic N) is 5. The molecule has 4 heterocycles. The third-order valence-corrected chi connectivity index (χ3v) is 7.78. The molecule has 0 aliphatic carbocycles. The van der Waals surface area contributed by atoms with E-state index in [9.17, 15) is 4.79 Å². The Morgan fingerprint density at radius 3 is 2.65 bits per heavy atom. The Bertz CT molecular complexity index is 1310. The molecule has 0 bridgehead atoms. The highest BCUT2D eigenvalue weighted by molar-refractivity contribution is 6.36. The van der Waals surface area contributed by atoms with E-state index in [1.807, 2.05) is 17.0 Å². The number of ether oxygens (including phenoxy) is 1. The standard InChI is InChI=1S/C26H26ClN5O2/c1-3-22(33)32-13-11-26(32)15-31(16-26)24-18-10-12-30(14-20(18)28-25(29-24)34-2)21-9-5-7-17-6-4-8-19(27)23(17)21/h3-9H,1,10-16H2,2H3. The minimum atomic E-state index is -0.0866. The summed E-state index contributed by atoms with van der Waals surface area (Å²) in [6, 6.07) is 12.7. The van der Waals surface area contributed by atoms with E-state index in [1.165, 1.54) is 11.6 Å². The van der Waals surface area contributed by atoms with Crippen LogP contribution in [0, 0.1) is 0 Å². The minimum absolute atomic E-state index is 0.0117. The van der Waals surface area contributed by atoms with E-state index in [1.54, 1.807) is 7.11 Å². The summed E-state index contributed by atoms with van der Waals surface area (Å²) in [5, 5.41) is 2.95. The summed E-state index contributed by atoms with van der Waals surface area (Å²) in [4.78, 5) is 28.2. The van der Waals surface area contributed by atoms with Crippen LogP contribution in [0.15, 0.2) is 49.1 Å². The first-order valence-corrected chi connectivity index (χ1v) is 12.0. The number of amides is 1. The van der Waals surface area contributed by atoms with Gasteiger partial charge in [-0.25, -0.2) is 0 Å². The average Bonchev–Trinajstić information content (AvgIpc) is 2.81. The van der Waals surface area contributed by atoms with Gasteiger partial charge in [-0.2, -0.15) is 9.97 Å². The van der Waals surface area contributed by atoms with Crippen molar-refractivity contribution >= 4 is 39.8 Å². The highest BCUT2D eigenvalue weighted by Crippen LogP contribution is 2.43. The van der Waals surface area contributed by atoms with Gasteiger partial charge in [0, 0.05) is 42.8 Å². The van der Waals surface area contributed by atoms with E-state index < -0.39 is 0 Å². The molecule has 0 N–H and O–H groups in total. The summed E-state index contributed by atoms with van der Waals surface area (Å²) < 4.78 is 5.47. The molecule has 1 amide bonds. The second-order valence-corrected chi connectivity index (χ2v) is 9.68. The van der Waals surface area contributed by atoms with Crippen molar-refractivity contribution in [2.45, 2.75) is 24.9 Å². The fourth-order valence-corrected chi connectivity index (χ4v) is 5.90. The predicted octanol–water partition coefficient (Wildman–Crippen LogP) is 3.83. The van der Waals surface area contributed by atoms with E-state index in [0.717, 1.165) is 72.0 Å². The number of carbonyl (C=O) groups excluding carboxylic acids is 1. The molecule has 174 valence electrons. The van der Waals surface area contributed by atoms with Crippen molar-refractivity contribution in [2.24, 2.45) is 0 Å². The lowest BCUT2D eigenvalue weighted by Crippen LogP contribution is -2.78. The second kappa shape index (κ2) is 7.87. The third kappa shape index (κ3) is 3.14. The molecule has 8 heteroatoms. The van der Waals surface area contributed by atoms with Gasteiger partial charge < -0.3 is 19.4 Å². The molecule has 2 fully saturated rings. The van der Waals surface area contributed by atoms with Gasteiger partial charge in [-0.05, 0) is 36.4 Å². The highest BCUT2D eigenvalue weighted by Gasteiger charge is 2.55. The largest absolute Gasteiger partial charge is 0.467 e. The lowest BCUT2D eigenvalue weighted by molar-refractivity contribution is -0.144. The van der Waals surface area contributed by atoms with Crippen molar-refractivity contribution in [1.29, 1.82) is 0 Å². The zero-order chi connectivity index (χ0) is 23.4. The molecular weight excluding hydrogens is 450 g/mol. The van der Waals surface area contributed by atoms with Crippen LogP contribution in [0.5, 0.6) is 6.01 Å². The van der Waals surface area contributed by atoms with Crippen molar-refractivity contribution in [3.05, 3.63) is 65.3 Å². The average molecular weight is 476 g/mol. The smallest absolute Gasteiger partial charge is 0.318 e. The second-order valence-electron chi connectivity index (χ2n) is 9.27. The topological polar surface area (TPSA) is 61.8 Å². The lowest BCUT2D eigenvalue weighted by Gasteiger charge is -2.62. The number of benzene rings is 2. The fraction of sp³-hybridized carbons (Fsp3) is 0.346. The number of methoxy groups -OCH3 is 1. The first-order valence-electron chi connectivity index (χ1n) is 11.6. The number of likely N-dealkylation sites (tertiary alicyclic amines) is 1. The molecule has 2 saturated heterocycles. The van der Waals surface area contributed by atoms with E-state index in [4.69, 9.17) is 26.3 Å². The van der Waals surface area contributed by atoms with E-state index in [2.05, 4.69) is 40.6 Å². The zero-order valence-corrected chi connectivity index (χ0v) is 19.9. The van der Waals surface area contributed by atoms with Crippen molar-refractivity contribution in [1.82, 2.24) is 14.9 Å². The van der Waals surface area contributed by atoms with Gasteiger partial charge in [0.1, 0.15) is 5.82 Å². The molecule has 7 nitrogen and oxygen atoms in total. The molecule has 0 radical (unpaired) electrons. The minimum Gasteiger partial charge on any atom is -0.467 e. The van der Waals surface area contributed by atoms with Crippen molar-refractivity contribution in [3.63, 3.8) is 0 Å². The Morgan fingerprint density at radius 1 is 1.15 bits per heavy atom.